The van der Waals surface area contributed by atoms with Crippen LogP contribution in [0.1, 0.15) is 50.8 Å². The van der Waals surface area contributed by atoms with Crippen LogP contribution in [-0.2, 0) is 20.9 Å². The van der Waals surface area contributed by atoms with Gasteiger partial charge in [0.15, 0.2) is 0 Å². The maximum absolute atomic E-state index is 12.3. The van der Waals surface area contributed by atoms with Gasteiger partial charge in [0.1, 0.15) is 23.7 Å². The summed E-state index contributed by atoms with van der Waals surface area (Å²) in [5.74, 6) is -0.412. The zero-order valence-electron chi connectivity index (χ0n) is 19.7. The molecule has 2 heterocycles. The Balaban J connectivity index is 1.42. The minimum absolute atomic E-state index is 0.181. The fraction of sp³-hybridized carbons (Fsp3) is 0.308. The minimum Gasteiger partial charge on any atom is -0.487 e. The van der Waals surface area contributed by atoms with Gasteiger partial charge in [0.2, 0.25) is 11.8 Å². The Bertz CT molecular complexity index is 1260. The first kappa shape index (κ1) is 24.5. The molecule has 0 radical (unpaired) electrons. The van der Waals surface area contributed by atoms with Crippen LogP contribution in [0, 0.1) is 0 Å². The number of nitrogens with one attached hydrogen (secondary N) is 1. The zero-order chi connectivity index (χ0) is 25.2. The van der Waals surface area contributed by atoms with Gasteiger partial charge in [-0.2, -0.15) is 9.78 Å². The molecule has 1 fully saturated rings. The van der Waals surface area contributed by atoms with Gasteiger partial charge >= 0.3 is 6.09 Å². The lowest BCUT2D eigenvalue weighted by Crippen LogP contribution is -2.39. The molecule has 0 saturated carbocycles. The predicted molar refractivity (Wildman–Crippen MR) is 130 cm³/mol. The van der Waals surface area contributed by atoms with Gasteiger partial charge in [0.05, 0.1) is 10.9 Å². The summed E-state index contributed by atoms with van der Waals surface area (Å²) in [5.41, 5.74) is 2.34. The molecule has 8 nitrogen and oxygen atoms in total. The number of hydrogen-bond donors (Lipinski definition) is 1. The van der Waals surface area contributed by atoms with Crippen LogP contribution in [0.2, 0.25) is 5.02 Å². The van der Waals surface area contributed by atoms with Crippen molar-refractivity contribution in [3.63, 3.8) is 0 Å². The average molecular weight is 496 g/mol. The smallest absolute Gasteiger partial charge is 0.435 e. The van der Waals surface area contributed by atoms with E-state index < -0.39 is 17.6 Å². The summed E-state index contributed by atoms with van der Waals surface area (Å²) in [4.78, 5) is 35.9. The van der Waals surface area contributed by atoms with Crippen LogP contribution in [-0.4, -0.2) is 33.3 Å². The highest BCUT2D eigenvalue weighted by Gasteiger charge is 2.30. The number of carbonyl (C=O) groups is 3. The number of carbonyl (C=O) groups excluding carboxylic acids is 3. The van der Waals surface area contributed by atoms with E-state index in [1.165, 1.54) is 6.20 Å². The highest BCUT2D eigenvalue weighted by Crippen LogP contribution is 2.37. The standard InChI is InChI=1S/C26H26ClN3O5/c1-26(2,3)35-25(33)30-14-13-17(29-30)15-34-18-9-7-16(8-10-18)19-5-4-6-20(23(19)27)21-11-12-22(31)28-24(21)32/h4-10,13-14,21H,11-12,15H2,1-3H3,(H,28,31,32). The number of aromatic nitrogens is 2. The summed E-state index contributed by atoms with van der Waals surface area (Å²) in [7, 11) is 0. The Morgan fingerprint density at radius 3 is 2.57 bits per heavy atom. The second kappa shape index (κ2) is 9.92. The number of nitrogens with zero attached hydrogens (tertiary/aromatic N) is 2. The fourth-order valence-electron chi connectivity index (χ4n) is 3.77. The predicted octanol–water partition coefficient (Wildman–Crippen LogP) is 5.09. The normalized spacial score (nSPS) is 16.1. The minimum atomic E-state index is -0.605. The van der Waals surface area contributed by atoms with Crippen LogP contribution >= 0.6 is 11.6 Å². The van der Waals surface area contributed by atoms with Crippen molar-refractivity contribution in [1.82, 2.24) is 15.1 Å². The van der Waals surface area contributed by atoms with E-state index in [1.807, 2.05) is 42.5 Å². The van der Waals surface area contributed by atoms with Crippen LogP contribution in [0.5, 0.6) is 5.75 Å². The maximum Gasteiger partial charge on any atom is 0.435 e. The molecule has 1 unspecified atom stereocenters. The lowest BCUT2D eigenvalue weighted by atomic mass is 9.88. The number of hydrogen-bond acceptors (Lipinski definition) is 6. The zero-order valence-corrected chi connectivity index (χ0v) is 20.5. The van der Waals surface area contributed by atoms with Gasteiger partial charge in [0, 0.05) is 18.2 Å². The average Bonchev–Trinajstić information content (AvgIpc) is 3.27. The van der Waals surface area contributed by atoms with E-state index >= 15 is 0 Å². The monoisotopic (exact) mass is 495 g/mol. The van der Waals surface area contributed by atoms with Crippen molar-refractivity contribution in [2.45, 2.75) is 51.7 Å². The first-order chi connectivity index (χ1) is 16.6. The van der Waals surface area contributed by atoms with E-state index in [1.54, 1.807) is 26.8 Å². The largest absolute Gasteiger partial charge is 0.487 e. The van der Waals surface area contributed by atoms with Gasteiger partial charge in [0.25, 0.3) is 0 Å². The number of amides is 2. The molecule has 182 valence electrons. The lowest BCUT2D eigenvalue weighted by Gasteiger charge is -2.23. The Labute approximate surface area is 208 Å². The molecule has 1 aliphatic rings. The third-order valence-corrected chi connectivity index (χ3v) is 5.84. The maximum atomic E-state index is 12.3. The quantitative estimate of drug-likeness (QED) is 0.495. The Morgan fingerprint density at radius 2 is 1.89 bits per heavy atom. The van der Waals surface area contributed by atoms with Gasteiger partial charge in [-0.1, -0.05) is 41.9 Å². The first-order valence-corrected chi connectivity index (χ1v) is 11.6. The highest BCUT2D eigenvalue weighted by atomic mass is 35.5. The molecule has 9 heteroatoms. The molecule has 1 N–H and O–H groups in total. The van der Waals surface area contributed by atoms with Crippen LogP contribution in [0.3, 0.4) is 0 Å². The van der Waals surface area contributed by atoms with E-state index in [-0.39, 0.29) is 18.4 Å². The summed E-state index contributed by atoms with van der Waals surface area (Å²) in [6, 6.07) is 14.6. The summed E-state index contributed by atoms with van der Waals surface area (Å²) >= 11 is 6.68. The highest BCUT2D eigenvalue weighted by molar-refractivity contribution is 6.34. The number of ether oxygens (including phenoxy) is 2. The van der Waals surface area contributed by atoms with Crippen LogP contribution in [0.25, 0.3) is 11.1 Å². The van der Waals surface area contributed by atoms with Crippen LogP contribution < -0.4 is 10.1 Å². The third-order valence-electron chi connectivity index (χ3n) is 5.42. The van der Waals surface area contributed by atoms with E-state index in [0.29, 0.717) is 34.9 Å². The molecule has 35 heavy (non-hydrogen) atoms. The van der Waals surface area contributed by atoms with E-state index in [0.717, 1.165) is 15.8 Å². The van der Waals surface area contributed by atoms with Gasteiger partial charge in [-0.05, 0) is 56.5 Å². The van der Waals surface area contributed by atoms with E-state index in [4.69, 9.17) is 21.1 Å². The van der Waals surface area contributed by atoms with Crippen molar-refractivity contribution in [2.24, 2.45) is 0 Å². The molecule has 1 saturated heterocycles. The summed E-state index contributed by atoms with van der Waals surface area (Å²) in [6.07, 6.45) is 1.71. The van der Waals surface area contributed by atoms with Crippen LogP contribution in [0.4, 0.5) is 4.79 Å². The molecule has 1 aromatic heterocycles. The molecular formula is C26H26ClN3O5. The molecular weight excluding hydrogens is 470 g/mol. The van der Waals surface area contributed by atoms with Crippen molar-refractivity contribution in [1.29, 1.82) is 0 Å². The topological polar surface area (TPSA) is 99.5 Å². The van der Waals surface area contributed by atoms with E-state index in [2.05, 4.69) is 10.4 Å². The van der Waals surface area contributed by atoms with Gasteiger partial charge < -0.3 is 9.47 Å². The Morgan fingerprint density at radius 1 is 1.14 bits per heavy atom. The molecule has 1 aliphatic heterocycles. The summed E-state index contributed by atoms with van der Waals surface area (Å²) in [6.45, 7) is 5.56. The Hall–Kier alpha value is -3.65. The first-order valence-electron chi connectivity index (χ1n) is 11.2. The third kappa shape index (κ3) is 5.89. The molecule has 2 amide bonds. The molecule has 3 aromatic rings. The number of rotatable bonds is 5. The molecule has 0 bridgehead atoms. The number of benzene rings is 2. The SMILES string of the molecule is CC(C)(C)OC(=O)n1ccc(COc2ccc(-c3cccc(C4CCC(=O)NC4=O)c3Cl)cc2)n1. The van der Waals surface area contributed by atoms with E-state index in [9.17, 15) is 14.4 Å². The van der Waals surface area contributed by atoms with Crippen molar-refractivity contribution >= 4 is 29.5 Å². The lowest BCUT2D eigenvalue weighted by molar-refractivity contribution is -0.134. The molecule has 4 rings (SSSR count). The van der Waals surface area contributed by atoms with Crippen molar-refractivity contribution in [3.05, 3.63) is 71.0 Å². The van der Waals surface area contributed by atoms with Crippen molar-refractivity contribution in [3.8, 4) is 16.9 Å². The molecule has 2 aromatic carbocycles. The number of halogens is 1. The molecule has 0 spiro atoms. The summed E-state index contributed by atoms with van der Waals surface area (Å²) < 4.78 is 12.2. The van der Waals surface area contributed by atoms with Gasteiger partial charge in [-0.15, -0.1) is 0 Å². The van der Waals surface area contributed by atoms with Crippen molar-refractivity contribution in [2.75, 3.05) is 0 Å². The second-order valence-electron chi connectivity index (χ2n) is 9.26. The van der Waals surface area contributed by atoms with Crippen LogP contribution in [0.15, 0.2) is 54.7 Å². The van der Waals surface area contributed by atoms with Gasteiger partial charge in [-0.25, -0.2) is 4.79 Å². The number of imide groups is 1. The van der Waals surface area contributed by atoms with Gasteiger partial charge in [-0.3, -0.25) is 14.9 Å². The molecule has 0 aliphatic carbocycles. The van der Waals surface area contributed by atoms with Crippen molar-refractivity contribution < 1.29 is 23.9 Å². The molecule has 1 atom stereocenters. The Kier molecular flexibility index (Phi) is 6.93. The fourth-order valence-corrected chi connectivity index (χ4v) is 4.14. The second-order valence-corrected chi connectivity index (χ2v) is 9.64. The number of piperidine rings is 1. The summed E-state index contributed by atoms with van der Waals surface area (Å²) in [5, 5.41) is 7.07.